The zero-order valence-corrected chi connectivity index (χ0v) is 9.58. The van der Waals surface area contributed by atoms with E-state index in [-0.39, 0.29) is 22.9 Å². The maximum atomic E-state index is 13.6. The number of benzene rings is 1. The molecule has 0 atom stereocenters. The van der Waals surface area contributed by atoms with E-state index in [1.807, 2.05) is 0 Å². The second-order valence-electron chi connectivity index (χ2n) is 3.72. The number of hydrogen-bond acceptors (Lipinski definition) is 4. The Morgan fingerprint density at radius 1 is 1.47 bits per heavy atom. The summed E-state index contributed by atoms with van der Waals surface area (Å²) < 4.78 is 37.0. The van der Waals surface area contributed by atoms with Crippen molar-refractivity contribution in [3.05, 3.63) is 24.0 Å². The van der Waals surface area contributed by atoms with Crippen LogP contribution in [-0.4, -0.2) is 38.3 Å². The molecule has 2 rings (SSSR count). The highest BCUT2D eigenvalue weighted by molar-refractivity contribution is 7.91. The number of carboxylic acids is 1. The Hall–Kier alpha value is -1.63. The summed E-state index contributed by atoms with van der Waals surface area (Å²) in [7, 11) is -3.51. The van der Waals surface area contributed by atoms with Crippen LogP contribution in [0.3, 0.4) is 0 Å². The molecular weight excluding hydrogens is 249 g/mol. The van der Waals surface area contributed by atoms with Gasteiger partial charge in [-0.1, -0.05) is 6.07 Å². The topological polar surface area (TPSA) is 74.7 Å². The number of sulfone groups is 1. The zero-order chi connectivity index (χ0) is 12.6. The first-order valence-electron chi connectivity index (χ1n) is 4.90. The molecule has 1 aliphatic heterocycles. The molecule has 7 heteroatoms. The van der Waals surface area contributed by atoms with Crippen LogP contribution >= 0.6 is 0 Å². The van der Waals surface area contributed by atoms with Crippen LogP contribution in [0.4, 0.5) is 10.1 Å². The number of fused-ring (bicyclic) bond motifs is 1. The number of hydrogen-bond donors (Lipinski definition) is 1. The Labute approximate surface area is 97.4 Å². The Balaban J connectivity index is 2.57. The minimum absolute atomic E-state index is 0.0113. The number of halogens is 1. The van der Waals surface area contributed by atoms with Crippen LogP contribution in [0, 0.1) is 5.82 Å². The first-order chi connectivity index (χ1) is 7.92. The number of nitrogens with zero attached hydrogens (tertiary/aromatic N) is 1. The van der Waals surface area contributed by atoms with Crippen LogP contribution in [0.25, 0.3) is 0 Å². The van der Waals surface area contributed by atoms with Crippen molar-refractivity contribution in [1.82, 2.24) is 0 Å². The molecule has 17 heavy (non-hydrogen) atoms. The number of aliphatic carboxylic acids is 1. The van der Waals surface area contributed by atoms with E-state index in [2.05, 4.69) is 0 Å². The van der Waals surface area contributed by atoms with Crippen molar-refractivity contribution in [2.24, 2.45) is 0 Å². The van der Waals surface area contributed by atoms with Gasteiger partial charge in [-0.3, -0.25) is 4.79 Å². The maximum absolute atomic E-state index is 13.6. The average molecular weight is 259 g/mol. The fraction of sp³-hybridized carbons (Fsp3) is 0.300. The molecule has 1 heterocycles. The third kappa shape index (κ3) is 2.10. The minimum Gasteiger partial charge on any atom is -0.480 e. The molecule has 0 bridgehead atoms. The van der Waals surface area contributed by atoms with Crippen LogP contribution < -0.4 is 4.90 Å². The van der Waals surface area contributed by atoms with Crippen molar-refractivity contribution < 1.29 is 22.7 Å². The standard InChI is InChI=1S/C10H10FNO4S/c11-7-2-1-3-8-10(7)12(6-9(13)14)4-5-17(8,15)16/h1-3H,4-6H2,(H,13,14). The maximum Gasteiger partial charge on any atom is 0.323 e. The van der Waals surface area contributed by atoms with E-state index in [4.69, 9.17) is 5.11 Å². The Bertz CT molecular complexity index is 570. The van der Waals surface area contributed by atoms with Crippen LogP contribution in [0.5, 0.6) is 0 Å². The second kappa shape index (κ2) is 3.99. The Kier molecular flexibility index (Phi) is 2.78. The van der Waals surface area contributed by atoms with Gasteiger partial charge in [-0.25, -0.2) is 12.8 Å². The molecule has 0 fully saturated rings. The smallest absolute Gasteiger partial charge is 0.323 e. The van der Waals surface area contributed by atoms with Gasteiger partial charge in [0.15, 0.2) is 9.84 Å². The van der Waals surface area contributed by atoms with Crippen molar-refractivity contribution >= 4 is 21.5 Å². The highest BCUT2D eigenvalue weighted by atomic mass is 32.2. The SMILES string of the molecule is O=C(O)CN1CCS(=O)(=O)c2cccc(F)c21. The highest BCUT2D eigenvalue weighted by Gasteiger charge is 2.31. The normalized spacial score (nSPS) is 17.6. The molecule has 0 amide bonds. The summed E-state index contributed by atoms with van der Waals surface area (Å²) >= 11 is 0. The minimum atomic E-state index is -3.51. The molecule has 0 saturated heterocycles. The van der Waals surface area contributed by atoms with Crippen molar-refractivity contribution in [1.29, 1.82) is 0 Å². The summed E-state index contributed by atoms with van der Waals surface area (Å²) in [5.41, 5.74) is -0.138. The molecule has 92 valence electrons. The Morgan fingerprint density at radius 3 is 2.82 bits per heavy atom. The monoisotopic (exact) mass is 259 g/mol. The highest BCUT2D eigenvalue weighted by Crippen LogP contribution is 2.32. The average Bonchev–Trinajstić information content (AvgIpc) is 2.22. The summed E-state index contributed by atoms with van der Waals surface area (Å²) in [5, 5.41) is 8.70. The molecule has 0 saturated carbocycles. The summed E-state index contributed by atoms with van der Waals surface area (Å²) in [6, 6.07) is 3.71. The van der Waals surface area contributed by atoms with Crippen LogP contribution in [0.1, 0.15) is 0 Å². The van der Waals surface area contributed by atoms with E-state index >= 15 is 0 Å². The summed E-state index contributed by atoms with van der Waals surface area (Å²) in [6.07, 6.45) is 0. The van der Waals surface area contributed by atoms with Gasteiger partial charge in [-0.05, 0) is 12.1 Å². The number of anilines is 1. The van der Waals surface area contributed by atoms with Crippen LogP contribution in [0.2, 0.25) is 0 Å². The van der Waals surface area contributed by atoms with Gasteiger partial charge >= 0.3 is 5.97 Å². The predicted molar refractivity (Wildman–Crippen MR) is 58.3 cm³/mol. The van der Waals surface area contributed by atoms with Gasteiger partial charge in [-0.15, -0.1) is 0 Å². The third-order valence-corrected chi connectivity index (χ3v) is 4.28. The largest absolute Gasteiger partial charge is 0.480 e. The van der Waals surface area contributed by atoms with E-state index in [0.29, 0.717) is 0 Å². The van der Waals surface area contributed by atoms with E-state index < -0.39 is 28.2 Å². The number of carboxylic acid groups (broad SMARTS) is 1. The second-order valence-corrected chi connectivity index (χ2v) is 5.80. The van der Waals surface area contributed by atoms with Crippen molar-refractivity contribution in [3.63, 3.8) is 0 Å². The predicted octanol–water partition coefficient (Wildman–Crippen LogP) is 0.504. The van der Waals surface area contributed by atoms with Gasteiger partial charge < -0.3 is 10.0 Å². The van der Waals surface area contributed by atoms with E-state index in [1.54, 1.807) is 0 Å². The van der Waals surface area contributed by atoms with Crippen LogP contribution in [0.15, 0.2) is 23.1 Å². The first-order valence-corrected chi connectivity index (χ1v) is 6.55. The molecular formula is C10H10FNO4S. The molecule has 0 unspecified atom stereocenters. The first kappa shape index (κ1) is 11.8. The van der Waals surface area contributed by atoms with Gasteiger partial charge in [0.1, 0.15) is 12.4 Å². The zero-order valence-electron chi connectivity index (χ0n) is 8.76. The lowest BCUT2D eigenvalue weighted by Gasteiger charge is -2.29. The number of rotatable bonds is 2. The molecule has 1 N–H and O–H groups in total. The van der Waals surface area contributed by atoms with Gasteiger partial charge in [0.2, 0.25) is 0 Å². The number of para-hydroxylation sites is 1. The third-order valence-electron chi connectivity index (χ3n) is 2.56. The van der Waals surface area contributed by atoms with Gasteiger partial charge in [-0.2, -0.15) is 0 Å². The van der Waals surface area contributed by atoms with E-state index in [9.17, 15) is 17.6 Å². The van der Waals surface area contributed by atoms with Gasteiger partial charge in [0, 0.05) is 6.54 Å². The summed E-state index contributed by atoms with van der Waals surface area (Å²) in [6.45, 7) is -0.425. The quantitative estimate of drug-likeness (QED) is 0.837. The fourth-order valence-electron chi connectivity index (χ4n) is 1.83. The van der Waals surface area contributed by atoms with Gasteiger partial charge in [0.05, 0.1) is 16.3 Å². The molecule has 1 aliphatic rings. The Morgan fingerprint density at radius 2 is 2.18 bits per heavy atom. The molecule has 0 spiro atoms. The molecule has 5 nitrogen and oxygen atoms in total. The molecule has 1 aromatic rings. The molecule has 1 aromatic carbocycles. The number of carbonyl (C=O) groups is 1. The molecule has 0 radical (unpaired) electrons. The molecule has 0 aliphatic carbocycles. The molecule has 0 aromatic heterocycles. The van der Waals surface area contributed by atoms with E-state index in [0.717, 1.165) is 6.07 Å². The lowest BCUT2D eigenvalue weighted by Crippen LogP contribution is -2.39. The van der Waals surface area contributed by atoms with Crippen molar-refractivity contribution in [3.8, 4) is 0 Å². The lowest BCUT2D eigenvalue weighted by atomic mass is 10.2. The lowest BCUT2D eigenvalue weighted by molar-refractivity contribution is -0.135. The summed E-state index contributed by atoms with van der Waals surface area (Å²) in [4.78, 5) is 11.7. The fourth-order valence-corrected chi connectivity index (χ4v) is 3.31. The van der Waals surface area contributed by atoms with E-state index in [1.165, 1.54) is 17.0 Å². The van der Waals surface area contributed by atoms with Crippen molar-refractivity contribution in [2.45, 2.75) is 4.90 Å². The van der Waals surface area contributed by atoms with Crippen molar-refractivity contribution in [2.75, 3.05) is 23.7 Å². The van der Waals surface area contributed by atoms with Gasteiger partial charge in [0.25, 0.3) is 0 Å². The summed E-state index contributed by atoms with van der Waals surface area (Å²) in [5.74, 6) is -2.04. The van der Waals surface area contributed by atoms with Crippen LogP contribution in [-0.2, 0) is 14.6 Å².